The predicted octanol–water partition coefficient (Wildman–Crippen LogP) is 3.84. The van der Waals surface area contributed by atoms with Crippen LogP contribution in [0.3, 0.4) is 0 Å². The summed E-state index contributed by atoms with van der Waals surface area (Å²) in [6.07, 6.45) is 4.28. The number of amides is 1. The van der Waals surface area contributed by atoms with Gasteiger partial charge in [-0.1, -0.05) is 24.3 Å². The number of aromatic nitrogens is 1. The Kier molecular flexibility index (Phi) is 6.43. The molecule has 0 aliphatic heterocycles. The average molecular weight is 452 g/mol. The molecule has 0 bridgehead atoms. The highest BCUT2D eigenvalue weighted by atomic mass is 32.2. The van der Waals surface area contributed by atoms with Gasteiger partial charge >= 0.3 is 0 Å². The van der Waals surface area contributed by atoms with Gasteiger partial charge in [-0.2, -0.15) is 0 Å². The van der Waals surface area contributed by atoms with E-state index in [1.807, 2.05) is 18.3 Å². The van der Waals surface area contributed by atoms with Crippen molar-refractivity contribution in [2.75, 3.05) is 6.54 Å². The lowest BCUT2D eigenvalue weighted by Crippen LogP contribution is -2.27. The smallest absolute Gasteiger partial charge is 0.251 e. The third-order valence-electron chi connectivity index (χ3n) is 5.32. The number of carbonyl (C=O) groups is 1. The van der Waals surface area contributed by atoms with E-state index >= 15 is 0 Å². The Bertz CT molecular complexity index is 1320. The van der Waals surface area contributed by atoms with Gasteiger partial charge in [0.25, 0.3) is 5.91 Å². The lowest BCUT2D eigenvalue weighted by molar-refractivity contribution is 0.0952. The lowest BCUT2D eigenvalue weighted by Gasteiger charge is -2.11. The molecule has 166 valence electrons. The van der Waals surface area contributed by atoms with Gasteiger partial charge in [0.2, 0.25) is 10.0 Å². The highest BCUT2D eigenvalue weighted by Crippen LogP contribution is 2.17. The van der Waals surface area contributed by atoms with Crippen molar-refractivity contribution in [3.05, 3.63) is 90.0 Å². The molecule has 2 N–H and O–H groups in total. The zero-order chi connectivity index (χ0) is 22.6. The number of para-hydroxylation sites is 1. The fourth-order valence-electron chi connectivity index (χ4n) is 3.56. The quantitative estimate of drug-likeness (QED) is 0.378. The van der Waals surface area contributed by atoms with Gasteiger partial charge in [-0.15, -0.1) is 0 Å². The molecule has 4 aromatic rings. The number of nitrogens with zero attached hydrogens (tertiary/aromatic N) is 1. The standard InChI is InChI=1S/C24H25N3O4S/c1-18-9-10-21(32(29,30)26-17-20-7-4-15-31-20)16-22(18)24(28)25-12-5-13-27-14-11-19-6-2-3-8-23(19)27/h2-4,6-11,14-16,26H,5,12-13,17H2,1H3,(H,25,28). The molecule has 4 rings (SSSR count). The Hall–Kier alpha value is -3.36. The molecule has 2 aromatic heterocycles. The maximum atomic E-state index is 12.7. The molecule has 0 radical (unpaired) electrons. The SMILES string of the molecule is Cc1ccc(S(=O)(=O)NCc2ccco2)cc1C(=O)NCCCn1ccc2ccccc21. The van der Waals surface area contributed by atoms with E-state index < -0.39 is 10.0 Å². The molecule has 2 heterocycles. The van der Waals surface area contributed by atoms with E-state index in [0.29, 0.717) is 23.4 Å². The summed E-state index contributed by atoms with van der Waals surface area (Å²) in [4.78, 5) is 12.8. The second-order valence-corrected chi connectivity index (χ2v) is 9.32. The fraction of sp³-hybridized carbons (Fsp3) is 0.208. The van der Waals surface area contributed by atoms with Crippen molar-refractivity contribution in [2.24, 2.45) is 0 Å². The predicted molar refractivity (Wildman–Crippen MR) is 123 cm³/mol. The molecule has 1 amide bonds. The van der Waals surface area contributed by atoms with Gasteiger partial charge in [0.05, 0.1) is 17.7 Å². The first-order valence-corrected chi connectivity index (χ1v) is 11.9. The largest absolute Gasteiger partial charge is 0.468 e. The van der Waals surface area contributed by atoms with Gasteiger partial charge in [-0.05, 0) is 60.7 Å². The molecule has 8 heteroatoms. The zero-order valence-electron chi connectivity index (χ0n) is 17.7. The van der Waals surface area contributed by atoms with Crippen LogP contribution in [0.2, 0.25) is 0 Å². The minimum atomic E-state index is -3.78. The van der Waals surface area contributed by atoms with Gasteiger partial charge in [-0.3, -0.25) is 4.79 Å². The minimum absolute atomic E-state index is 0.0404. The van der Waals surface area contributed by atoms with Crippen LogP contribution in [0.15, 0.2) is 82.4 Å². The van der Waals surface area contributed by atoms with E-state index in [4.69, 9.17) is 4.42 Å². The van der Waals surface area contributed by atoms with Gasteiger partial charge in [0.1, 0.15) is 5.76 Å². The van der Waals surface area contributed by atoms with Crippen molar-refractivity contribution in [3.63, 3.8) is 0 Å². The average Bonchev–Trinajstić information content (AvgIpc) is 3.45. The molecule has 0 atom stereocenters. The fourth-order valence-corrected chi connectivity index (χ4v) is 4.58. The molecule has 0 spiro atoms. The number of furan rings is 1. The van der Waals surface area contributed by atoms with Crippen LogP contribution in [0.1, 0.15) is 28.1 Å². The molecule has 0 saturated carbocycles. The van der Waals surface area contributed by atoms with Crippen LogP contribution in [-0.4, -0.2) is 25.4 Å². The first kappa shape index (κ1) is 21.9. The van der Waals surface area contributed by atoms with Crippen LogP contribution in [0, 0.1) is 6.92 Å². The summed E-state index contributed by atoms with van der Waals surface area (Å²) in [5.41, 5.74) is 2.22. The molecule has 0 aliphatic carbocycles. The highest BCUT2D eigenvalue weighted by Gasteiger charge is 2.18. The number of fused-ring (bicyclic) bond motifs is 1. The molecule has 0 unspecified atom stereocenters. The third kappa shape index (κ3) is 4.92. The van der Waals surface area contributed by atoms with Crippen molar-refractivity contribution in [3.8, 4) is 0 Å². The normalized spacial score (nSPS) is 11.7. The van der Waals surface area contributed by atoms with E-state index in [0.717, 1.165) is 18.5 Å². The number of rotatable bonds is 9. The van der Waals surface area contributed by atoms with Crippen molar-refractivity contribution in [1.29, 1.82) is 0 Å². The Labute approximate surface area is 187 Å². The summed E-state index contributed by atoms with van der Waals surface area (Å²) in [6.45, 7) is 3.09. The Morgan fingerprint density at radius 2 is 1.91 bits per heavy atom. The van der Waals surface area contributed by atoms with Gasteiger partial charge in [-0.25, -0.2) is 13.1 Å². The van der Waals surface area contributed by atoms with E-state index in [1.165, 1.54) is 23.8 Å². The summed E-state index contributed by atoms with van der Waals surface area (Å²) in [7, 11) is -3.78. The lowest BCUT2D eigenvalue weighted by atomic mass is 10.1. The maximum Gasteiger partial charge on any atom is 0.251 e. The number of aryl methyl sites for hydroxylation is 2. The number of hydrogen-bond donors (Lipinski definition) is 2. The van der Waals surface area contributed by atoms with Gasteiger partial charge < -0.3 is 14.3 Å². The van der Waals surface area contributed by atoms with Crippen molar-refractivity contribution >= 4 is 26.8 Å². The van der Waals surface area contributed by atoms with Crippen LogP contribution in [0.25, 0.3) is 10.9 Å². The molecular weight excluding hydrogens is 426 g/mol. The van der Waals surface area contributed by atoms with Crippen LogP contribution in [0.4, 0.5) is 0 Å². The van der Waals surface area contributed by atoms with Crippen molar-refractivity contribution < 1.29 is 17.6 Å². The monoisotopic (exact) mass is 451 g/mol. The highest BCUT2D eigenvalue weighted by molar-refractivity contribution is 7.89. The molecule has 32 heavy (non-hydrogen) atoms. The minimum Gasteiger partial charge on any atom is -0.468 e. The first-order chi connectivity index (χ1) is 15.4. The number of benzene rings is 2. The second kappa shape index (κ2) is 9.42. The van der Waals surface area contributed by atoms with Gasteiger partial charge in [0, 0.05) is 30.4 Å². The van der Waals surface area contributed by atoms with Crippen molar-refractivity contribution in [1.82, 2.24) is 14.6 Å². The number of nitrogens with one attached hydrogen (secondary N) is 2. The van der Waals surface area contributed by atoms with E-state index in [1.54, 1.807) is 25.1 Å². The molecule has 2 aromatic carbocycles. The summed E-state index contributed by atoms with van der Waals surface area (Å²) < 4.78 is 35.1. The molecule has 0 fully saturated rings. The van der Waals surface area contributed by atoms with E-state index in [9.17, 15) is 13.2 Å². The van der Waals surface area contributed by atoms with E-state index in [2.05, 4.69) is 32.8 Å². The first-order valence-electron chi connectivity index (χ1n) is 10.4. The van der Waals surface area contributed by atoms with Crippen molar-refractivity contribution in [2.45, 2.75) is 31.3 Å². The van der Waals surface area contributed by atoms with Crippen LogP contribution in [0.5, 0.6) is 0 Å². The summed E-state index contributed by atoms with van der Waals surface area (Å²) in [6, 6.07) is 18.2. The Morgan fingerprint density at radius 3 is 2.72 bits per heavy atom. The van der Waals surface area contributed by atoms with Gasteiger partial charge in [0.15, 0.2) is 0 Å². The third-order valence-corrected chi connectivity index (χ3v) is 6.72. The zero-order valence-corrected chi connectivity index (χ0v) is 18.6. The number of sulfonamides is 1. The Morgan fingerprint density at radius 1 is 1.06 bits per heavy atom. The molecule has 0 aliphatic rings. The summed E-state index contributed by atoms with van der Waals surface area (Å²) >= 11 is 0. The van der Waals surface area contributed by atoms with Crippen LogP contribution >= 0.6 is 0 Å². The molecule has 7 nitrogen and oxygen atoms in total. The second-order valence-electron chi connectivity index (χ2n) is 7.56. The topological polar surface area (TPSA) is 93.3 Å². The van der Waals surface area contributed by atoms with Crippen LogP contribution < -0.4 is 10.0 Å². The van der Waals surface area contributed by atoms with E-state index in [-0.39, 0.29) is 17.3 Å². The van der Waals surface area contributed by atoms with Crippen LogP contribution in [-0.2, 0) is 23.1 Å². The maximum absolute atomic E-state index is 12.7. The summed E-state index contributed by atoms with van der Waals surface area (Å²) in [5.74, 6) is 0.220. The number of hydrogen-bond acceptors (Lipinski definition) is 4. The molecule has 0 saturated heterocycles. The number of carbonyl (C=O) groups excluding carboxylic acids is 1. The molecular formula is C24H25N3O4S. The summed E-state index contributed by atoms with van der Waals surface area (Å²) in [5, 5.41) is 4.09. The Balaban J connectivity index is 1.36.